The second kappa shape index (κ2) is 6.35. The van der Waals surface area contributed by atoms with Gasteiger partial charge < -0.3 is 0 Å². The molecular formula is C20H16N6OS. The molecule has 0 amide bonds. The first-order valence-corrected chi connectivity index (χ1v) is 9.64. The summed E-state index contributed by atoms with van der Waals surface area (Å²) in [6.07, 6.45) is 3.50. The van der Waals surface area contributed by atoms with Crippen LogP contribution in [0.2, 0.25) is 0 Å². The average Bonchev–Trinajstić information content (AvgIpc) is 3.34. The molecule has 1 atom stereocenters. The summed E-state index contributed by atoms with van der Waals surface area (Å²) >= 11 is 1.30. The quantitative estimate of drug-likeness (QED) is 0.473. The fraction of sp³-hybridized carbons (Fsp3) is 0.150. The lowest BCUT2D eigenvalue weighted by molar-refractivity contribution is 0.558. The molecule has 7 nitrogen and oxygen atoms in total. The van der Waals surface area contributed by atoms with E-state index in [0.29, 0.717) is 11.0 Å². The minimum Gasteiger partial charge on any atom is -0.272 e. The van der Waals surface area contributed by atoms with Crippen molar-refractivity contribution >= 4 is 33.5 Å². The Balaban J connectivity index is 1.66. The predicted molar refractivity (Wildman–Crippen MR) is 109 cm³/mol. The van der Waals surface area contributed by atoms with E-state index in [-0.39, 0.29) is 11.6 Å². The minimum absolute atomic E-state index is 0.152. The maximum atomic E-state index is 13.2. The Morgan fingerprint density at radius 1 is 1.11 bits per heavy atom. The van der Waals surface area contributed by atoms with Crippen molar-refractivity contribution < 1.29 is 0 Å². The third-order valence-corrected chi connectivity index (χ3v) is 5.73. The maximum absolute atomic E-state index is 13.2. The summed E-state index contributed by atoms with van der Waals surface area (Å²) in [5.74, 6) is 0. The highest BCUT2D eigenvalue weighted by molar-refractivity contribution is 7.08. The Kier molecular flexibility index (Phi) is 3.80. The van der Waals surface area contributed by atoms with Gasteiger partial charge in [0.2, 0.25) is 0 Å². The van der Waals surface area contributed by atoms with Gasteiger partial charge in [0.25, 0.3) is 5.56 Å². The predicted octanol–water partition coefficient (Wildman–Crippen LogP) is 3.50. The van der Waals surface area contributed by atoms with Crippen molar-refractivity contribution in [2.24, 2.45) is 0 Å². The number of nitrogens with zero attached hydrogens (tertiary/aromatic N) is 6. The largest absolute Gasteiger partial charge is 0.283 e. The maximum Gasteiger partial charge on any atom is 0.283 e. The highest BCUT2D eigenvalue weighted by Crippen LogP contribution is 2.24. The van der Waals surface area contributed by atoms with Gasteiger partial charge in [-0.3, -0.25) is 14.3 Å². The van der Waals surface area contributed by atoms with Crippen molar-refractivity contribution in [2.75, 3.05) is 0 Å². The van der Waals surface area contributed by atoms with Gasteiger partial charge >= 0.3 is 0 Å². The van der Waals surface area contributed by atoms with Crippen LogP contribution in [0.3, 0.4) is 0 Å². The molecule has 0 N–H and O–H groups in total. The summed E-state index contributed by atoms with van der Waals surface area (Å²) in [6.45, 7) is 3.92. The topological polar surface area (TPSA) is 78.5 Å². The Labute approximate surface area is 164 Å². The molecule has 0 bridgehead atoms. The summed E-state index contributed by atoms with van der Waals surface area (Å²) in [5.41, 5.74) is 3.77. The molecule has 0 aliphatic heterocycles. The molecule has 5 rings (SSSR count). The molecule has 0 spiro atoms. The molecule has 4 aromatic heterocycles. The van der Waals surface area contributed by atoms with Crippen molar-refractivity contribution in [3.8, 4) is 5.00 Å². The number of rotatable bonds is 3. The SMILES string of the molecule is Cc1cc(-n2ccc3nnn([C@@H](C)c4ccc5ncccc5c4)c3c2=O)sn1. The first kappa shape index (κ1) is 16.8. The lowest BCUT2D eigenvalue weighted by Gasteiger charge is -2.14. The van der Waals surface area contributed by atoms with E-state index in [9.17, 15) is 4.79 Å². The summed E-state index contributed by atoms with van der Waals surface area (Å²) < 4.78 is 7.57. The molecule has 138 valence electrons. The third kappa shape index (κ3) is 2.61. The van der Waals surface area contributed by atoms with Crippen LogP contribution in [-0.2, 0) is 0 Å². The Bertz CT molecular complexity index is 1380. The van der Waals surface area contributed by atoms with Crippen LogP contribution in [0, 0.1) is 6.92 Å². The second-order valence-corrected chi connectivity index (χ2v) is 7.48. The number of benzene rings is 1. The molecule has 0 radical (unpaired) electrons. The highest BCUT2D eigenvalue weighted by atomic mass is 32.1. The number of aromatic nitrogens is 6. The van der Waals surface area contributed by atoms with Crippen LogP contribution in [0.15, 0.2) is 59.7 Å². The normalized spacial score (nSPS) is 12.6. The zero-order valence-electron chi connectivity index (χ0n) is 15.3. The lowest BCUT2D eigenvalue weighted by Crippen LogP contribution is -2.21. The van der Waals surface area contributed by atoms with Gasteiger partial charge in [-0.05, 0) is 61.3 Å². The molecule has 0 saturated carbocycles. The van der Waals surface area contributed by atoms with Crippen molar-refractivity contribution in [1.82, 2.24) is 28.9 Å². The van der Waals surface area contributed by atoms with Crippen LogP contribution in [-0.4, -0.2) is 28.9 Å². The van der Waals surface area contributed by atoms with Crippen LogP contribution < -0.4 is 5.56 Å². The van der Waals surface area contributed by atoms with Gasteiger partial charge in [-0.2, -0.15) is 4.37 Å². The zero-order valence-corrected chi connectivity index (χ0v) is 16.1. The van der Waals surface area contributed by atoms with Crippen LogP contribution in [0.25, 0.3) is 26.9 Å². The van der Waals surface area contributed by atoms with E-state index in [2.05, 4.69) is 25.7 Å². The fourth-order valence-corrected chi connectivity index (χ4v) is 4.10. The third-order valence-electron chi connectivity index (χ3n) is 4.85. The number of aryl methyl sites for hydroxylation is 1. The molecule has 0 aliphatic carbocycles. The molecule has 0 aliphatic rings. The van der Waals surface area contributed by atoms with Crippen LogP contribution in [0.4, 0.5) is 0 Å². The average molecular weight is 388 g/mol. The number of hydrogen-bond acceptors (Lipinski definition) is 6. The molecular weight excluding hydrogens is 372 g/mol. The van der Waals surface area contributed by atoms with Gasteiger partial charge in [-0.1, -0.05) is 17.3 Å². The minimum atomic E-state index is -0.152. The van der Waals surface area contributed by atoms with Crippen LogP contribution >= 0.6 is 11.5 Å². The molecule has 5 aromatic rings. The van der Waals surface area contributed by atoms with Gasteiger partial charge in [0.1, 0.15) is 10.5 Å². The van der Waals surface area contributed by atoms with Crippen LogP contribution in [0.5, 0.6) is 0 Å². The second-order valence-electron chi connectivity index (χ2n) is 6.70. The van der Waals surface area contributed by atoms with Crippen molar-refractivity contribution in [1.29, 1.82) is 0 Å². The molecule has 8 heteroatoms. The van der Waals surface area contributed by atoms with E-state index >= 15 is 0 Å². The first-order chi connectivity index (χ1) is 13.6. The Morgan fingerprint density at radius 2 is 2.00 bits per heavy atom. The van der Waals surface area contributed by atoms with E-state index in [4.69, 9.17) is 0 Å². The monoisotopic (exact) mass is 388 g/mol. The molecule has 0 fully saturated rings. The van der Waals surface area contributed by atoms with Crippen LogP contribution in [0.1, 0.15) is 24.2 Å². The van der Waals surface area contributed by atoms with Gasteiger partial charge in [0, 0.05) is 17.8 Å². The van der Waals surface area contributed by atoms with Crippen molar-refractivity contribution in [3.63, 3.8) is 0 Å². The highest BCUT2D eigenvalue weighted by Gasteiger charge is 2.18. The molecule has 28 heavy (non-hydrogen) atoms. The van der Waals surface area contributed by atoms with E-state index < -0.39 is 0 Å². The summed E-state index contributed by atoms with van der Waals surface area (Å²) in [7, 11) is 0. The molecule has 1 aromatic carbocycles. The zero-order chi connectivity index (χ0) is 19.3. The molecule has 0 saturated heterocycles. The fourth-order valence-electron chi connectivity index (χ4n) is 3.36. The summed E-state index contributed by atoms with van der Waals surface area (Å²) in [6, 6.07) is 13.6. The Hall–Kier alpha value is -3.39. The van der Waals surface area contributed by atoms with Crippen molar-refractivity contribution in [2.45, 2.75) is 19.9 Å². The molecule has 4 heterocycles. The smallest absolute Gasteiger partial charge is 0.272 e. The van der Waals surface area contributed by atoms with Gasteiger partial charge in [-0.25, -0.2) is 4.68 Å². The van der Waals surface area contributed by atoms with E-state index in [1.165, 1.54) is 11.5 Å². The van der Waals surface area contributed by atoms with Gasteiger partial charge in [0.05, 0.1) is 17.3 Å². The lowest BCUT2D eigenvalue weighted by atomic mass is 10.1. The van der Waals surface area contributed by atoms with Crippen molar-refractivity contribution in [3.05, 3.63) is 76.5 Å². The molecule has 0 unspecified atom stereocenters. The summed E-state index contributed by atoms with van der Waals surface area (Å²) in [4.78, 5) is 17.6. The van der Waals surface area contributed by atoms with E-state index in [1.54, 1.807) is 21.6 Å². The number of pyridine rings is 2. The van der Waals surface area contributed by atoms with Gasteiger partial charge in [-0.15, -0.1) is 5.10 Å². The van der Waals surface area contributed by atoms with Gasteiger partial charge in [0.15, 0.2) is 5.52 Å². The first-order valence-electron chi connectivity index (χ1n) is 8.87. The summed E-state index contributed by atoms with van der Waals surface area (Å²) in [5, 5.41) is 10.3. The standard InChI is InChI=1S/C20H16N6OS/c1-12-10-18(28-23-12)25-9-7-17-19(20(25)27)26(24-22-17)13(2)14-5-6-16-15(11-14)4-3-8-21-16/h3-11,13H,1-2H3/t13-/m0/s1. The van der Waals surface area contributed by atoms with E-state index in [0.717, 1.165) is 27.2 Å². The number of hydrogen-bond donors (Lipinski definition) is 0. The Morgan fingerprint density at radius 3 is 2.82 bits per heavy atom. The van der Waals surface area contributed by atoms with E-state index in [1.807, 2.05) is 50.2 Å². The number of fused-ring (bicyclic) bond motifs is 2.